The van der Waals surface area contributed by atoms with Gasteiger partial charge < -0.3 is 0 Å². The lowest BCUT2D eigenvalue weighted by atomic mass is 9.90. The monoisotopic (exact) mass is 452 g/mol. The number of benzene rings is 1. The zero-order valence-corrected chi connectivity index (χ0v) is 16.4. The first kappa shape index (κ1) is 21.7. The molecule has 1 atom stereocenters. The molecule has 0 N–H and O–H groups in total. The number of rotatable bonds is 2. The number of fused-ring (bicyclic) bond motifs is 1. The van der Waals surface area contributed by atoms with Crippen LogP contribution < -0.4 is 5.56 Å². The summed E-state index contributed by atoms with van der Waals surface area (Å²) >= 11 is 0. The molecular formula is C21H14F6N4O. The smallest absolute Gasteiger partial charge is 0.267 e. The number of pyridine rings is 1. The fraction of sp³-hybridized carbons (Fsp3) is 0.238. The average molecular weight is 452 g/mol. The molecule has 166 valence electrons. The molecule has 0 radical (unpaired) electrons. The van der Waals surface area contributed by atoms with Crippen molar-refractivity contribution in [3.8, 4) is 11.1 Å². The number of aromatic nitrogens is 3. The molecule has 0 saturated heterocycles. The van der Waals surface area contributed by atoms with E-state index in [0.717, 1.165) is 35.1 Å². The van der Waals surface area contributed by atoms with Crippen molar-refractivity contribution < 1.29 is 26.3 Å². The van der Waals surface area contributed by atoms with Crippen molar-refractivity contribution in [2.75, 3.05) is 0 Å². The maximum Gasteiger partial charge on any atom is 0.433 e. The first-order chi connectivity index (χ1) is 14.9. The van der Waals surface area contributed by atoms with Gasteiger partial charge in [0, 0.05) is 36.0 Å². The van der Waals surface area contributed by atoms with Crippen LogP contribution in [-0.4, -0.2) is 20.4 Å². The Morgan fingerprint density at radius 3 is 2.16 bits per heavy atom. The normalized spacial score (nSPS) is 16.5. The van der Waals surface area contributed by atoms with Crippen LogP contribution in [0.2, 0.25) is 0 Å². The SMILES string of the molecule is CC1=Nn2c(ncc(-c3ccc(C(F)(F)F)nc3)c2=O)CC1c1ccc(C(F)(F)F)cc1. The lowest BCUT2D eigenvalue weighted by Crippen LogP contribution is -2.31. The second kappa shape index (κ2) is 7.57. The molecule has 3 aromatic rings. The van der Waals surface area contributed by atoms with Crippen LogP contribution in [0.4, 0.5) is 26.3 Å². The first-order valence-electron chi connectivity index (χ1n) is 9.32. The third kappa shape index (κ3) is 4.02. The van der Waals surface area contributed by atoms with Crippen molar-refractivity contribution in [3.05, 3.63) is 81.8 Å². The molecule has 0 bridgehead atoms. The van der Waals surface area contributed by atoms with E-state index in [2.05, 4.69) is 15.1 Å². The number of nitrogens with zero attached hydrogens (tertiary/aromatic N) is 4. The van der Waals surface area contributed by atoms with Crippen LogP contribution in [0.25, 0.3) is 11.1 Å². The molecule has 11 heteroatoms. The van der Waals surface area contributed by atoms with Gasteiger partial charge in [0.1, 0.15) is 11.5 Å². The second-order valence-corrected chi connectivity index (χ2v) is 7.25. The fourth-order valence-electron chi connectivity index (χ4n) is 3.46. The van der Waals surface area contributed by atoms with Crippen LogP contribution >= 0.6 is 0 Å². The quantitative estimate of drug-likeness (QED) is 0.520. The van der Waals surface area contributed by atoms with Crippen molar-refractivity contribution >= 4 is 5.71 Å². The van der Waals surface area contributed by atoms with E-state index in [0.29, 0.717) is 11.3 Å². The minimum Gasteiger partial charge on any atom is -0.267 e. The molecule has 0 fully saturated rings. The largest absolute Gasteiger partial charge is 0.433 e. The highest BCUT2D eigenvalue weighted by atomic mass is 19.4. The minimum atomic E-state index is -4.60. The molecule has 1 aliphatic heterocycles. The molecule has 0 amide bonds. The highest BCUT2D eigenvalue weighted by Crippen LogP contribution is 2.32. The average Bonchev–Trinajstić information content (AvgIpc) is 2.73. The Balaban J connectivity index is 1.66. The summed E-state index contributed by atoms with van der Waals surface area (Å²) in [6.07, 6.45) is -6.64. The van der Waals surface area contributed by atoms with Crippen molar-refractivity contribution in [1.82, 2.24) is 14.6 Å². The molecule has 3 heterocycles. The maximum atomic E-state index is 12.9. The first-order valence-corrected chi connectivity index (χ1v) is 9.32. The van der Waals surface area contributed by atoms with E-state index in [1.54, 1.807) is 6.92 Å². The van der Waals surface area contributed by atoms with Crippen LogP contribution in [0.15, 0.2) is 58.7 Å². The summed E-state index contributed by atoms with van der Waals surface area (Å²) in [6, 6.07) is 6.60. The highest BCUT2D eigenvalue weighted by Gasteiger charge is 2.33. The van der Waals surface area contributed by atoms with E-state index in [9.17, 15) is 31.1 Å². The zero-order valence-electron chi connectivity index (χ0n) is 16.4. The lowest BCUT2D eigenvalue weighted by Gasteiger charge is -2.24. The number of hydrogen-bond acceptors (Lipinski definition) is 4. The fourth-order valence-corrected chi connectivity index (χ4v) is 3.46. The van der Waals surface area contributed by atoms with Gasteiger partial charge in [0.25, 0.3) is 5.56 Å². The van der Waals surface area contributed by atoms with Gasteiger partial charge in [-0.3, -0.25) is 9.78 Å². The predicted molar refractivity (Wildman–Crippen MR) is 103 cm³/mol. The molecule has 1 unspecified atom stereocenters. The van der Waals surface area contributed by atoms with Crippen molar-refractivity contribution in [3.63, 3.8) is 0 Å². The molecule has 1 aliphatic rings. The summed E-state index contributed by atoms with van der Waals surface area (Å²) in [4.78, 5) is 20.5. The van der Waals surface area contributed by atoms with Crippen molar-refractivity contribution in [2.24, 2.45) is 5.10 Å². The summed E-state index contributed by atoms with van der Waals surface area (Å²) < 4.78 is 77.6. The Labute approximate surface area is 177 Å². The number of hydrogen-bond donors (Lipinski definition) is 0. The van der Waals surface area contributed by atoms with Gasteiger partial charge in [-0.2, -0.15) is 36.1 Å². The highest BCUT2D eigenvalue weighted by molar-refractivity contribution is 5.89. The van der Waals surface area contributed by atoms with Crippen LogP contribution in [0, 0.1) is 0 Å². The van der Waals surface area contributed by atoms with E-state index in [1.165, 1.54) is 18.3 Å². The summed E-state index contributed by atoms with van der Waals surface area (Å²) in [5, 5.41) is 4.25. The van der Waals surface area contributed by atoms with E-state index >= 15 is 0 Å². The third-order valence-corrected chi connectivity index (χ3v) is 5.16. The third-order valence-electron chi connectivity index (χ3n) is 5.16. The Morgan fingerprint density at radius 1 is 0.906 bits per heavy atom. The Morgan fingerprint density at radius 2 is 1.59 bits per heavy atom. The van der Waals surface area contributed by atoms with E-state index in [-0.39, 0.29) is 29.3 Å². The van der Waals surface area contributed by atoms with Gasteiger partial charge in [-0.25, -0.2) is 4.98 Å². The minimum absolute atomic E-state index is 0.0273. The predicted octanol–water partition coefficient (Wildman–Crippen LogP) is 4.91. The standard InChI is InChI=1S/C21H14F6N4O/c1-11-15(12-2-5-14(6-3-12)20(22,23)24)8-18-29-10-16(19(32)31(18)30-11)13-4-7-17(28-9-13)21(25,26)27/h2-7,9-10,15H,8H2,1H3. The van der Waals surface area contributed by atoms with E-state index in [4.69, 9.17) is 0 Å². The Kier molecular flexibility index (Phi) is 5.14. The topological polar surface area (TPSA) is 60.1 Å². The van der Waals surface area contributed by atoms with E-state index < -0.39 is 29.2 Å². The summed E-state index contributed by atoms with van der Waals surface area (Å²) in [5.41, 5.74) is -1.17. The summed E-state index contributed by atoms with van der Waals surface area (Å²) in [6.45, 7) is 1.64. The molecule has 0 spiro atoms. The molecule has 4 rings (SSSR count). The van der Waals surface area contributed by atoms with Gasteiger partial charge in [0.05, 0.1) is 11.1 Å². The van der Waals surface area contributed by atoms with E-state index in [1.807, 2.05) is 0 Å². The Bertz CT molecular complexity index is 1240. The molecule has 32 heavy (non-hydrogen) atoms. The molecule has 1 aromatic carbocycles. The molecule has 0 saturated carbocycles. The summed E-state index contributed by atoms with van der Waals surface area (Å²) in [5.74, 6) is -0.0862. The van der Waals surface area contributed by atoms with Gasteiger partial charge >= 0.3 is 12.4 Å². The van der Waals surface area contributed by atoms with Crippen LogP contribution in [-0.2, 0) is 18.8 Å². The van der Waals surface area contributed by atoms with Gasteiger partial charge in [-0.15, -0.1) is 0 Å². The second-order valence-electron chi connectivity index (χ2n) is 7.25. The molecule has 0 aliphatic carbocycles. The lowest BCUT2D eigenvalue weighted by molar-refractivity contribution is -0.141. The summed E-state index contributed by atoms with van der Waals surface area (Å²) in [7, 11) is 0. The van der Waals surface area contributed by atoms with Gasteiger partial charge in [-0.1, -0.05) is 18.2 Å². The Hall–Kier alpha value is -3.50. The van der Waals surface area contributed by atoms with Gasteiger partial charge in [0.2, 0.25) is 0 Å². The van der Waals surface area contributed by atoms with Crippen molar-refractivity contribution in [2.45, 2.75) is 31.6 Å². The maximum absolute atomic E-state index is 12.9. The molecule has 2 aromatic heterocycles. The zero-order chi connectivity index (χ0) is 23.3. The van der Waals surface area contributed by atoms with Gasteiger partial charge in [-0.05, 0) is 30.7 Å². The number of alkyl halides is 6. The van der Waals surface area contributed by atoms with Crippen LogP contribution in [0.3, 0.4) is 0 Å². The van der Waals surface area contributed by atoms with Crippen molar-refractivity contribution in [1.29, 1.82) is 0 Å². The van der Waals surface area contributed by atoms with Crippen LogP contribution in [0.5, 0.6) is 0 Å². The van der Waals surface area contributed by atoms with Gasteiger partial charge in [0.15, 0.2) is 0 Å². The van der Waals surface area contributed by atoms with Crippen LogP contribution in [0.1, 0.15) is 35.5 Å². The number of halogens is 6. The molecular weight excluding hydrogens is 438 g/mol. The molecule has 5 nitrogen and oxygen atoms in total.